The molecule has 1 N–H and O–H groups in total. The van der Waals surface area contributed by atoms with E-state index in [0.717, 1.165) is 5.56 Å². The van der Waals surface area contributed by atoms with Crippen molar-refractivity contribution in [2.24, 2.45) is 0 Å². The molecule has 0 unspecified atom stereocenters. The molecule has 0 aliphatic heterocycles. The second kappa shape index (κ2) is 6.05. The number of benzene rings is 1. The number of aryl methyl sites for hydroxylation is 1. The summed E-state index contributed by atoms with van der Waals surface area (Å²) in [7, 11) is 0. The minimum atomic E-state index is -0.364. The van der Waals surface area contributed by atoms with Crippen LogP contribution in [-0.2, 0) is 13.0 Å². The lowest BCUT2D eigenvalue weighted by Crippen LogP contribution is -2.16. The van der Waals surface area contributed by atoms with Crippen LogP contribution >= 0.6 is 0 Å². The zero-order valence-electron chi connectivity index (χ0n) is 10.5. The molecule has 0 aliphatic carbocycles. The van der Waals surface area contributed by atoms with Gasteiger partial charge in [-0.05, 0) is 12.5 Å². The molecule has 2 aromatic rings. The maximum absolute atomic E-state index is 10.8. The highest BCUT2D eigenvalue weighted by Crippen LogP contribution is 2.18. The average Bonchev–Trinajstić information content (AvgIpc) is 2.89. The summed E-state index contributed by atoms with van der Waals surface area (Å²) in [6.07, 6.45) is 1.99. The van der Waals surface area contributed by atoms with Crippen molar-refractivity contribution >= 4 is 5.69 Å². The lowest BCUT2D eigenvalue weighted by Gasteiger charge is -2.04. The Hall–Kier alpha value is -2.28. The first kappa shape index (κ1) is 13.2. The number of aromatic nitrogens is 2. The molecular formula is C12H14N4O3. The van der Waals surface area contributed by atoms with E-state index in [-0.39, 0.29) is 10.6 Å². The Morgan fingerprint density at radius 1 is 1.47 bits per heavy atom. The zero-order chi connectivity index (χ0) is 13.7. The fourth-order valence-corrected chi connectivity index (χ4v) is 1.70. The molecule has 19 heavy (non-hydrogen) atoms. The predicted molar refractivity (Wildman–Crippen MR) is 67.5 cm³/mol. The standard InChI is InChI=1S/C12H14N4O3/c1-9-2-3-10(6-11(9)16(17)18)7-13-5-4-12-14-8-15-19-12/h2-3,6,8,13H,4-5,7H2,1H3. The number of hydrogen-bond donors (Lipinski definition) is 1. The van der Waals surface area contributed by atoms with Gasteiger partial charge in [0.25, 0.3) is 5.69 Å². The topological polar surface area (TPSA) is 94.1 Å². The van der Waals surface area contributed by atoms with Gasteiger partial charge in [0.1, 0.15) is 0 Å². The first-order valence-corrected chi connectivity index (χ1v) is 5.87. The summed E-state index contributed by atoms with van der Waals surface area (Å²) in [5.74, 6) is 0.572. The van der Waals surface area contributed by atoms with Gasteiger partial charge in [0.15, 0.2) is 6.33 Å². The Bertz CT molecular complexity index is 554. The average molecular weight is 262 g/mol. The smallest absolute Gasteiger partial charge is 0.272 e. The van der Waals surface area contributed by atoms with Crippen LogP contribution in [0.25, 0.3) is 0 Å². The molecule has 2 rings (SSSR count). The second-order valence-corrected chi connectivity index (χ2v) is 4.14. The van der Waals surface area contributed by atoms with Crippen molar-refractivity contribution in [2.75, 3.05) is 6.54 Å². The molecule has 0 saturated carbocycles. The minimum Gasteiger partial charge on any atom is -0.340 e. The third kappa shape index (κ3) is 3.59. The van der Waals surface area contributed by atoms with Gasteiger partial charge in [0.05, 0.1) is 4.92 Å². The fraction of sp³-hybridized carbons (Fsp3) is 0.333. The molecule has 1 heterocycles. The van der Waals surface area contributed by atoms with Crippen molar-refractivity contribution in [2.45, 2.75) is 19.9 Å². The summed E-state index contributed by atoms with van der Waals surface area (Å²) in [6, 6.07) is 5.23. The first-order valence-electron chi connectivity index (χ1n) is 5.87. The van der Waals surface area contributed by atoms with Crippen molar-refractivity contribution in [3.05, 3.63) is 51.7 Å². The number of nitro groups is 1. The summed E-state index contributed by atoms with van der Waals surface area (Å²) in [6.45, 7) is 2.96. The molecule has 1 aromatic heterocycles. The van der Waals surface area contributed by atoms with Crippen LogP contribution in [0.4, 0.5) is 5.69 Å². The molecule has 1 aromatic carbocycles. The quantitative estimate of drug-likeness (QED) is 0.483. The Morgan fingerprint density at radius 2 is 2.32 bits per heavy atom. The van der Waals surface area contributed by atoms with Gasteiger partial charge in [-0.15, -0.1) is 0 Å². The second-order valence-electron chi connectivity index (χ2n) is 4.14. The number of nitro benzene ring substituents is 1. The molecule has 0 atom stereocenters. The molecule has 0 fully saturated rings. The van der Waals surface area contributed by atoms with E-state index < -0.39 is 0 Å². The van der Waals surface area contributed by atoms with E-state index in [4.69, 9.17) is 4.52 Å². The van der Waals surface area contributed by atoms with Gasteiger partial charge in [-0.2, -0.15) is 4.98 Å². The summed E-state index contributed by atoms with van der Waals surface area (Å²) < 4.78 is 4.86. The van der Waals surface area contributed by atoms with Crippen LogP contribution in [0.15, 0.2) is 29.0 Å². The van der Waals surface area contributed by atoms with E-state index in [0.29, 0.717) is 31.0 Å². The van der Waals surface area contributed by atoms with E-state index >= 15 is 0 Å². The van der Waals surface area contributed by atoms with E-state index in [1.54, 1.807) is 19.1 Å². The maximum atomic E-state index is 10.8. The number of nitrogens with one attached hydrogen (secondary N) is 1. The Kier molecular flexibility index (Phi) is 4.19. The highest BCUT2D eigenvalue weighted by molar-refractivity contribution is 5.42. The van der Waals surface area contributed by atoms with Crippen LogP contribution in [0.5, 0.6) is 0 Å². The van der Waals surface area contributed by atoms with Gasteiger partial charge in [-0.3, -0.25) is 10.1 Å². The third-order valence-electron chi connectivity index (χ3n) is 2.72. The Balaban J connectivity index is 1.86. The molecule has 0 aliphatic rings. The molecule has 0 spiro atoms. The van der Waals surface area contributed by atoms with Gasteiger partial charge in [-0.25, -0.2) is 0 Å². The van der Waals surface area contributed by atoms with E-state index in [2.05, 4.69) is 15.5 Å². The van der Waals surface area contributed by atoms with E-state index in [1.807, 2.05) is 6.07 Å². The van der Waals surface area contributed by atoms with Crippen molar-refractivity contribution in [1.82, 2.24) is 15.5 Å². The Labute approximate surface area is 109 Å². The van der Waals surface area contributed by atoms with Gasteiger partial charge in [-0.1, -0.05) is 17.3 Å². The van der Waals surface area contributed by atoms with Crippen LogP contribution < -0.4 is 5.32 Å². The largest absolute Gasteiger partial charge is 0.340 e. The maximum Gasteiger partial charge on any atom is 0.272 e. The van der Waals surface area contributed by atoms with Crippen LogP contribution in [0, 0.1) is 17.0 Å². The molecule has 0 bridgehead atoms. The van der Waals surface area contributed by atoms with E-state index in [1.165, 1.54) is 6.33 Å². The monoisotopic (exact) mass is 262 g/mol. The van der Waals surface area contributed by atoms with Crippen molar-refractivity contribution in [3.63, 3.8) is 0 Å². The fourth-order valence-electron chi connectivity index (χ4n) is 1.70. The summed E-state index contributed by atoms with van der Waals surface area (Å²) in [4.78, 5) is 14.4. The first-order chi connectivity index (χ1) is 9.16. The number of hydrogen-bond acceptors (Lipinski definition) is 6. The highest BCUT2D eigenvalue weighted by atomic mass is 16.6. The van der Waals surface area contributed by atoms with Gasteiger partial charge in [0.2, 0.25) is 5.89 Å². The predicted octanol–water partition coefficient (Wildman–Crippen LogP) is 1.62. The molecule has 0 amide bonds. The van der Waals surface area contributed by atoms with Gasteiger partial charge >= 0.3 is 0 Å². The zero-order valence-corrected chi connectivity index (χ0v) is 10.5. The van der Waals surface area contributed by atoms with Crippen LogP contribution in [0.3, 0.4) is 0 Å². The van der Waals surface area contributed by atoms with Crippen LogP contribution in [-0.4, -0.2) is 21.6 Å². The number of rotatable bonds is 6. The molecule has 0 saturated heterocycles. The molecular weight excluding hydrogens is 248 g/mol. The SMILES string of the molecule is Cc1ccc(CNCCc2ncno2)cc1[N+](=O)[O-]. The number of nitrogens with zero attached hydrogens (tertiary/aromatic N) is 3. The Morgan fingerprint density at radius 3 is 3.00 bits per heavy atom. The summed E-state index contributed by atoms with van der Waals surface area (Å²) in [5.41, 5.74) is 1.69. The van der Waals surface area contributed by atoms with Crippen LogP contribution in [0.1, 0.15) is 17.0 Å². The van der Waals surface area contributed by atoms with Crippen LogP contribution in [0.2, 0.25) is 0 Å². The van der Waals surface area contributed by atoms with Crippen molar-refractivity contribution < 1.29 is 9.45 Å². The molecule has 100 valence electrons. The van der Waals surface area contributed by atoms with Crippen molar-refractivity contribution in [1.29, 1.82) is 0 Å². The van der Waals surface area contributed by atoms with Gasteiger partial charge < -0.3 is 9.84 Å². The lowest BCUT2D eigenvalue weighted by atomic mass is 10.1. The van der Waals surface area contributed by atoms with Crippen molar-refractivity contribution in [3.8, 4) is 0 Å². The molecule has 7 heteroatoms. The highest BCUT2D eigenvalue weighted by Gasteiger charge is 2.10. The third-order valence-corrected chi connectivity index (χ3v) is 2.72. The normalized spacial score (nSPS) is 10.6. The molecule has 7 nitrogen and oxygen atoms in total. The molecule has 0 radical (unpaired) electrons. The minimum absolute atomic E-state index is 0.149. The summed E-state index contributed by atoms with van der Waals surface area (Å²) in [5, 5.41) is 17.5. The summed E-state index contributed by atoms with van der Waals surface area (Å²) >= 11 is 0. The van der Waals surface area contributed by atoms with Gasteiger partial charge in [0, 0.05) is 31.1 Å². The van der Waals surface area contributed by atoms with E-state index in [9.17, 15) is 10.1 Å². The lowest BCUT2D eigenvalue weighted by molar-refractivity contribution is -0.385.